The SMILES string of the molecule is CC(=O)Nc1ccccc1-c1nnc(-c2ccccn2)o1. The highest BCUT2D eigenvalue weighted by atomic mass is 16.4. The highest BCUT2D eigenvalue weighted by Gasteiger charge is 2.14. The van der Waals surface area contributed by atoms with Crippen LogP contribution in [0.2, 0.25) is 0 Å². The van der Waals surface area contributed by atoms with Gasteiger partial charge in [0.2, 0.25) is 11.8 Å². The van der Waals surface area contributed by atoms with E-state index in [1.54, 1.807) is 24.4 Å². The molecule has 3 aromatic rings. The van der Waals surface area contributed by atoms with Crippen molar-refractivity contribution < 1.29 is 9.21 Å². The molecule has 0 saturated carbocycles. The summed E-state index contributed by atoms with van der Waals surface area (Å²) in [6.07, 6.45) is 1.66. The first-order valence-corrected chi connectivity index (χ1v) is 6.36. The molecule has 0 aliphatic rings. The number of anilines is 1. The Bertz CT molecular complexity index is 768. The van der Waals surface area contributed by atoms with Crippen molar-refractivity contribution in [2.24, 2.45) is 0 Å². The first-order chi connectivity index (χ1) is 10.2. The molecule has 1 N–H and O–H groups in total. The number of rotatable bonds is 3. The summed E-state index contributed by atoms with van der Waals surface area (Å²) >= 11 is 0. The lowest BCUT2D eigenvalue weighted by Crippen LogP contribution is -2.06. The highest BCUT2D eigenvalue weighted by Crippen LogP contribution is 2.28. The lowest BCUT2D eigenvalue weighted by Gasteiger charge is -2.05. The molecule has 0 bridgehead atoms. The zero-order chi connectivity index (χ0) is 14.7. The normalized spacial score (nSPS) is 10.3. The number of nitrogens with zero attached hydrogens (tertiary/aromatic N) is 3. The predicted octanol–water partition coefficient (Wildman–Crippen LogP) is 2.76. The van der Waals surface area contributed by atoms with Crippen LogP contribution < -0.4 is 5.32 Å². The minimum absolute atomic E-state index is 0.160. The molecule has 0 aliphatic carbocycles. The zero-order valence-corrected chi connectivity index (χ0v) is 11.3. The number of carbonyl (C=O) groups excluding carboxylic acids is 1. The third-order valence-corrected chi connectivity index (χ3v) is 2.78. The molecule has 1 aromatic carbocycles. The minimum Gasteiger partial charge on any atom is -0.415 e. The second-order valence-corrected chi connectivity index (χ2v) is 4.35. The van der Waals surface area contributed by atoms with Gasteiger partial charge < -0.3 is 9.73 Å². The maximum absolute atomic E-state index is 11.2. The van der Waals surface area contributed by atoms with E-state index in [2.05, 4.69) is 20.5 Å². The average molecular weight is 280 g/mol. The standard InChI is InChI=1S/C15H12N4O2/c1-10(20)17-12-7-3-2-6-11(12)14-18-19-15(21-14)13-8-4-5-9-16-13/h2-9H,1H3,(H,17,20). The molecule has 21 heavy (non-hydrogen) atoms. The summed E-state index contributed by atoms with van der Waals surface area (Å²) < 4.78 is 5.64. The summed E-state index contributed by atoms with van der Waals surface area (Å²) in [6, 6.07) is 12.7. The smallest absolute Gasteiger partial charge is 0.266 e. The van der Waals surface area contributed by atoms with Gasteiger partial charge in [0.05, 0.1) is 11.3 Å². The fraction of sp³-hybridized carbons (Fsp3) is 0.0667. The number of carbonyl (C=O) groups is 1. The molecular weight excluding hydrogens is 268 g/mol. The summed E-state index contributed by atoms with van der Waals surface area (Å²) in [6.45, 7) is 1.45. The van der Waals surface area contributed by atoms with Crippen LogP contribution >= 0.6 is 0 Å². The van der Waals surface area contributed by atoms with E-state index in [0.717, 1.165) is 0 Å². The van der Waals surface area contributed by atoms with Crippen LogP contribution in [0.1, 0.15) is 6.92 Å². The van der Waals surface area contributed by atoms with E-state index in [-0.39, 0.29) is 5.91 Å². The van der Waals surface area contributed by atoms with E-state index in [1.807, 2.05) is 24.3 Å². The topological polar surface area (TPSA) is 80.9 Å². The Labute approximate surface area is 120 Å². The van der Waals surface area contributed by atoms with Crippen molar-refractivity contribution in [2.75, 3.05) is 5.32 Å². The fourth-order valence-electron chi connectivity index (χ4n) is 1.89. The van der Waals surface area contributed by atoms with Crippen LogP contribution in [0.15, 0.2) is 53.1 Å². The highest BCUT2D eigenvalue weighted by molar-refractivity contribution is 5.93. The number of hydrogen-bond acceptors (Lipinski definition) is 5. The van der Waals surface area contributed by atoms with Gasteiger partial charge >= 0.3 is 0 Å². The molecule has 0 unspecified atom stereocenters. The van der Waals surface area contributed by atoms with Crippen molar-refractivity contribution in [3.8, 4) is 23.0 Å². The van der Waals surface area contributed by atoms with Crippen molar-refractivity contribution in [2.45, 2.75) is 6.92 Å². The molecule has 0 saturated heterocycles. The third-order valence-electron chi connectivity index (χ3n) is 2.78. The Hall–Kier alpha value is -3.02. The Morgan fingerprint density at radius 3 is 2.57 bits per heavy atom. The molecule has 0 aliphatic heterocycles. The summed E-state index contributed by atoms with van der Waals surface area (Å²) in [4.78, 5) is 15.4. The minimum atomic E-state index is -0.160. The van der Waals surface area contributed by atoms with E-state index in [9.17, 15) is 4.79 Å². The molecule has 6 heteroatoms. The number of benzene rings is 1. The largest absolute Gasteiger partial charge is 0.415 e. The van der Waals surface area contributed by atoms with Gasteiger partial charge in [0, 0.05) is 13.1 Å². The number of aromatic nitrogens is 3. The molecule has 2 heterocycles. The second-order valence-electron chi connectivity index (χ2n) is 4.35. The van der Waals surface area contributed by atoms with Crippen LogP contribution in [0.5, 0.6) is 0 Å². The third kappa shape index (κ3) is 2.79. The van der Waals surface area contributed by atoms with E-state index < -0.39 is 0 Å². The van der Waals surface area contributed by atoms with Crippen LogP contribution in [0.3, 0.4) is 0 Å². The van der Waals surface area contributed by atoms with E-state index in [4.69, 9.17) is 4.42 Å². The van der Waals surface area contributed by atoms with Gasteiger partial charge in [-0.25, -0.2) is 0 Å². The number of para-hydroxylation sites is 1. The first-order valence-electron chi connectivity index (χ1n) is 6.36. The van der Waals surface area contributed by atoms with E-state index >= 15 is 0 Å². The van der Waals surface area contributed by atoms with Gasteiger partial charge in [-0.2, -0.15) is 0 Å². The van der Waals surface area contributed by atoms with Crippen LogP contribution in [0.4, 0.5) is 5.69 Å². The zero-order valence-electron chi connectivity index (χ0n) is 11.3. The van der Waals surface area contributed by atoms with Crippen molar-refractivity contribution >= 4 is 11.6 Å². The Kier molecular flexibility index (Phi) is 3.42. The number of pyridine rings is 1. The molecule has 0 spiro atoms. The Morgan fingerprint density at radius 1 is 1.05 bits per heavy atom. The van der Waals surface area contributed by atoms with Gasteiger partial charge in [-0.1, -0.05) is 18.2 Å². The molecule has 3 rings (SSSR count). The van der Waals surface area contributed by atoms with Gasteiger partial charge in [-0.15, -0.1) is 10.2 Å². The quantitative estimate of drug-likeness (QED) is 0.797. The summed E-state index contributed by atoms with van der Waals surface area (Å²) in [5.74, 6) is 0.509. The van der Waals surface area contributed by atoms with Gasteiger partial charge in [-0.05, 0) is 24.3 Å². The average Bonchev–Trinajstić information content (AvgIpc) is 2.98. The molecule has 0 fully saturated rings. The molecule has 2 aromatic heterocycles. The molecular formula is C15H12N4O2. The van der Waals surface area contributed by atoms with E-state index in [1.165, 1.54) is 6.92 Å². The summed E-state index contributed by atoms with van der Waals surface area (Å²) in [5.41, 5.74) is 1.90. The van der Waals surface area contributed by atoms with Gasteiger partial charge in [0.1, 0.15) is 5.69 Å². The van der Waals surface area contributed by atoms with Crippen molar-refractivity contribution in [3.63, 3.8) is 0 Å². The Balaban J connectivity index is 1.99. The van der Waals surface area contributed by atoms with E-state index in [0.29, 0.717) is 28.7 Å². The number of nitrogens with one attached hydrogen (secondary N) is 1. The first kappa shape index (κ1) is 13.0. The number of amides is 1. The number of hydrogen-bond donors (Lipinski definition) is 1. The van der Waals surface area contributed by atoms with Crippen molar-refractivity contribution in [1.29, 1.82) is 0 Å². The molecule has 104 valence electrons. The molecule has 0 atom stereocenters. The van der Waals surface area contributed by atoms with Crippen LogP contribution in [0, 0.1) is 0 Å². The van der Waals surface area contributed by atoms with Gasteiger partial charge in [0.25, 0.3) is 5.89 Å². The van der Waals surface area contributed by atoms with Crippen LogP contribution in [0.25, 0.3) is 23.0 Å². The van der Waals surface area contributed by atoms with Crippen LogP contribution in [-0.4, -0.2) is 21.1 Å². The van der Waals surface area contributed by atoms with Gasteiger partial charge in [-0.3, -0.25) is 9.78 Å². The monoisotopic (exact) mass is 280 g/mol. The molecule has 6 nitrogen and oxygen atoms in total. The van der Waals surface area contributed by atoms with Crippen molar-refractivity contribution in [1.82, 2.24) is 15.2 Å². The van der Waals surface area contributed by atoms with Gasteiger partial charge in [0.15, 0.2) is 0 Å². The fourth-order valence-corrected chi connectivity index (χ4v) is 1.89. The van der Waals surface area contributed by atoms with Crippen molar-refractivity contribution in [3.05, 3.63) is 48.7 Å². The maximum atomic E-state index is 11.2. The van der Waals surface area contributed by atoms with Crippen LogP contribution in [-0.2, 0) is 4.79 Å². The molecule has 1 amide bonds. The predicted molar refractivity (Wildman–Crippen MR) is 77.3 cm³/mol. The maximum Gasteiger partial charge on any atom is 0.266 e. The summed E-state index contributed by atoms with van der Waals surface area (Å²) in [7, 11) is 0. The lowest BCUT2D eigenvalue weighted by molar-refractivity contribution is -0.114. The lowest BCUT2D eigenvalue weighted by atomic mass is 10.2. The second kappa shape index (κ2) is 5.54. The molecule has 0 radical (unpaired) electrons. The Morgan fingerprint density at radius 2 is 1.81 bits per heavy atom. The summed E-state index contributed by atoms with van der Waals surface area (Å²) in [5, 5.41) is 10.8.